The third kappa shape index (κ3) is 5.06. The Kier molecular flexibility index (Phi) is 5.86. The molecule has 0 radical (unpaired) electrons. The van der Waals surface area contributed by atoms with E-state index in [9.17, 15) is 14.0 Å². The van der Waals surface area contributed by atoms with E-state index >= 15 is 0 Å². The second kappa shape index (κ2) is 8.07. The summed E-state index contributed by atoms with van der Waals surface area (Å²) in [5.41, 5.74) is 6.60. The molecule has 7 heteroatoms. The van der Waals surface area contributed by atoms with E-state index in [1.165, 1.54) is 6.07 Å². The van der Waals surface area contributed by atoms with Crippen LogP contribution in [0, 0.1) is 5.82 Å². The van der Waals surface area contributed by atoms with Gasteiger partial charge in [-0.1, -0.05) is 30.3 Å². The van der Waals surface area contributed by atoms with Gasteiger partial charge in [-0.15, -0.1) is 0 Å². The zero-order chi connectivity index (χ0) is 17.5. The fraction of sp³-hybridized carbons (Fsp3) is 0.176. The van der Waals surface area contributed by atoms with Gasteiger partial charge in [0, 0.05) is 11.8 Å². The van der Waals surface area contributed by atoms with Crippen molar-refractivity contribution in [1.82, 2.24) is 0 Å². The van der Waals surface area contributed by atoms with E-state index < -0.39 is 29.5 Å². The molecule has 24 heavy (non-hydrogen) atoms. The Labute approximate surface area is 138 Å². The molecule has 0 unspecified atom stereocenters. The number of phenols is 1. The number of hydrogen-bond donors (Lipinski definition) is 3. The molecule has 0 spiro atoms. The number of esters is 1. The van der Waals surface area contributed by atoms with Gasteiger partial charge >= 0.3 is 5.97 Å². The monoisotopic (exact) mass is 332 g/mol. The summed E-state index contributed by atoms with van der Waals surface area (Å²) in [5, 5.41) is 11.5. The van der Waals surface area contributed by atoms with Crippen LogP contribution in [0.4, 0.5) is 10.1 Å². The summed E-state index contributed by atoms with van der Waals surface area (Å²) in [5.74, 6) is -2.67. The van der Waals surface area contributed by atoms with Crippen LogP contribution in [-0.4, -0.2) is 23.0 Å². The number of nitrogens with two attached hydrogens (primary N) is 1. The Morgan fingerprint density at radius 1 is 1.21 bits per heavy atom. The first-order valence-electron chi connectivity index (χ1n) is 7.20. The molecule has 2 aromatic carbocycles. The van der Waals surface area contributed by atoms with Gasteiger partial charge in [-0.2, -0.15) is 0 Å². The zero-order valence-corrected chi connectivity index (χ0v) is 12.7. The average molecular weight is 332 g/mol. The average Bonchev–Trinajstić information content (AvgIpc) is 2.57. The van der Waals surface area contributed by atoms with Crippen molar-refractivity contribution in [3.8, 4) is 5.75 Å². The molecule has 6 nitrogen and oxygen atoms in total. The molecular weight excluding hydrogens is 315 g/mol. The molecule has 126 valence electrons. The largest absolute Gasteiger partial charge is 0.505 e. The number of rotatable bonds is 6. The van der Waals surface area contributed by atoms with Crippen molar-refractivity contribution in [2.75, 3.05) is 5.32 Å². The van der Waals surface area contributed by atoms with Gasteiger partial charge in [-0.25, -0.2) is 4.39 Å². The lowest BCUT2D eigenvalue weighted by molar-refractivity contribution is -0.146. The first kappa shape index (κ1) is 17.4. The third-order valence-electron chi connectivity index (χ3n) is 3.18. The summed E-state index contributed by atoms with van der Waals surface area (Å²) >= 11 is 0. The number of hydrogen-bond acceptors (Lipinski definition) is 5. The molecule has 0 saturated carbocycles. The standard InChI is InChI=1S/C17H17FN2O4/c18-13-8-12(6-7-15(13)21)20-17(23)14(19)9-16(22)24-10-11-4-2-1-3-5-11/h1-8,14,21H,9-10,19H2,(H,20,23)/t14-/m0/s1. The Balaban J connectivity index is 1.82. The number of ether oxygens (including phenoxy) is 1. The number of carbonyl (C=O) groups excluding carboxylic acids is 2. The molecule has 2 aromatic rings. The number of aromatic hydroxyl groups is 1. The fourth-order valence-corrected chi connectivity index (χ4v) is 1.89. The fourth-order valence-electron chi connectivity index (χ4n) is 1.89. The Bertz CT molecular complexity index is 722. The molecule has 0 heterocycles. The quantitative estimate of drug-likeness (QED) is 0.554. The SMILES string of the molecule is N[C@@H](CC(=O)OCc1ccccc1)C(=O)Nc1ccc(O)c(F)c1. The lowest BCUT2D eigenvalue weighted by Crippen LogP contribution is -2.37. The molecule has 0 saturated heterocycles. The summed E-state index contributed by atoms with van der Waals surface area (Å²) in [6.07, 6.45) is -0.306. The molecule has 0 aliphatic rings. The summed E-state index contributed by atoms with van der Waals surface area (Å²) < 4.78 is 18.2. The molecule has 0 fully saturated rings. The van der Waals surface area contributed by atoms with E-state index in [1.54, 1.807) is 12.1 Å². The van der Waals surface area contributed by atoms with Crippen LogP contribution in [-0.2, 0) is 20.9 Å². The van der Waals surface area contributed by atoms with Crippen LogP contribution >= 0.6 is 0 Å². The summed E-state index contributed by atoms with van der Waals surface area (Å²) in [6.45, 7) is 0.0944. The van der Waals surface area contributed by atoms with Crippen molar-refractivity contribution in [1.29, 1.82) is 0 Å². The first-order chi connectivity index (χ1) is 11.5. The number of benzene rings is 2. The van der Waals surface area contributed by atoms with Crippen molar-refractivity contribution < 1.29 is 23.8 Å². The third-order valence-corrected chi connectivity index (χ3v) is 3.18. The minimum Gasteiger partial charge on any atom is -0.505 e. The van der Waals surface area contributed by atoms with E-state index in [0.717, 1.165) is 17.7 Å². The maximum absolute atomic E-state index is 13.2. The molecule has 4 N–H and O–H groups in total. The molecule has 0 aliphatic heterocycles. The van der Waals surface area contributed by atoms with Crippen molar-refractivity contribution >= 4 is 17.6 Å². The van der Waals surface area contributed by atoms with Gasteiger partial charge < -0.3 is 20.9 Å². The van der Waals surface area contributed by atoms with Gasteiger partial charge in [0.1, 0.15) is 6.61 Å². The number of halogens is 1. The van der Waals surface area contributed by atoms with Gasteiger partial charge in [0.05, 0.1) is 12.5 Å². The van der Waals surface area contributed by atoms with Crippen molar-refractivity contribution in [3.63, 3.8) is 0 Å². The van der Waals surface area contributed by atoms with Crippen molar-refractivity contribution in [2.45, 2.75) is 19.1 Å². The highest BCUT2D eigenvalue weighted by atomic mass is 19.1. The van der Waals surface area contributed by atoms with Crippen molar-refractivity contribution in [3.05, 3.63) is 59.9 Å². The highest BCUT2D eigenvalue weighted by Gasteiger charge is 2.19. The van der Waals surface area contributed by atoms with Gasteiger partial charge in [0.15, 0.2) is 11.6 Å². The lowest BCUT2D eigenvalue weighted by atomic mass is 10.2. The van der Waals surface area contributed by atoms with E-state index in [1.807, 2.05) is 18.2 Å². The number of anilines is 1. The van der Waals surface area contributed by atoms with Crippen LogP contribution in [0.5, 0.6) is 5.75 Å². The summed E-state index contributed by atoms with van der Waals surface area (Å²) in [4.78, 5) is 23.6. The van der Waals surface area contributed by atoms with E-state index in [4.69, 9.17) is 15.6 Å². The van der Waals surface area contributed by atoms with Crippen LogP contribution in [0.15, 0.2) is 48.5 Å². The highest BCUT2D eigenvalue weighted by molar-refractivity contribution is 5.96. The van der Waals surface area contributed by atoms with E-state index in [2.05, 4.69) is 5.32 Å². The number of carbonyl (C=O) groups is 2. The zero-order valence-electron chi connectivity index (χ0n) is 12.7. The highest BCUT2D eigenvalue weighted by Crippen LogP contribution is 2.19. The van der Waals surface area contributed by atoms with Crippen LogP contribution in [0.1, 0.15) is 12.0 Å². The van der Waals surface area contributed by atoms with E-state index in [-0.39, 0.29) is 18.7 Å². The normalized spacial score (nSPS) is 11.6. The van der Waals surface area contributed by atoms with Crippen LogP contribution in [0.25, 0.3) is 0 Å². The maximum atomic E-state index is 13.2. The minimum absolute atomic E-state index is 0.0944. The lowest BCUT2D eigenvalue weighted by Gasteiger charge is -2.12. The molecule has 0 aromatic heterocycles. The molecule has 1 amide bonds. The van der Waals surface area contributed by atoms with Crippen LogP contribution in [0.3, 0.4) is 0 Å². The molecule has 0 aliphatic carbocycles. The van der Waals surface area contributed by atoms with E-state index in [0.29, 0.717) is 0 Å². The topological polar surface area (TPSA) is 102 Å². The summed E-state index contributed by atoms with van der Waals surface area (Å²) in [6, 6.07) is 11.3. The molecule has 2 rings (SSSR count). The Hall–Kier alpha value is -2.93. The Morgan fingerprint density at radius 2 is 1.92 bits per heavy atom. The second-order valence-corrected chi connectivity index (χ2v) is 5.11. The summed E-state index contributed by atoms with van der Waals surface area (Å²) in [7, 11) is 0. The molecule has 0 bridgehead atoms. The van der Waals surface area contributed by atoms with Gasteiger partial charge in [0.25, 0.3) is 0 Å². The predicted octanol–water partition coefficient (Wildman–Crippen LogP) is 1.93. The van der Waals surface area contributed by atoms with Crippen molar-refractivity contribution in [2.24, 2.45) is 5.73 Å². The number of nitrogens with one attached hydrogen (secondary N) is 1. The smallest absolute Gasteiger partial charge is 0.308 e. The van der Waals surface area contributed by atoms with Crippen LogP contribution in [0.2, 0.25) is 0 Å². The Morgan fingerprint density at radius 3 is 2.58 bits per heavy atom. The first-order valence-corrected chi connectivity index (χ1v) is 7.20. The van der Waals surface area contributed by atoms with Gasteiger partial charge in [-0.3, -0.25) is 9.59 Å². The maximum Gasteiger partial charge on any atom is 0.308 e. The molecule has 1 atom stereocenters. The predicted molar refractivity (Wildman–Crippen MR) is 85.5 cm³/mol. The van der Waals surface area contributed by atoms with Gasteiger partial charge in [0.2, 0.25) is 5.91 Å². The minimum atomic E-state index is -1.13. The number of amides is 1. The van der Waals surface area contributed by atoms with Crippen LogP contribution < -0.4 is 11.1 Å². The molecular formula is C17H17FN2O4. The number of phenolic OH excluding ortho intramolecular Hbond substituents is 1. The second-order valence-electron chi connectivity index (χ2n) is 5.11. The van der Waals surface area contributed by atoms with Gasteiger partial charge in [-0.05, 0) is 17.7 Å².